The van der Waals surface area contributed by atoms with E-state index < -0.39 is 42.7 Å². The molecule has 20 heteroatoms. The van der Waals surface area contributed by atoms with E-state index in [-0.39, 0.29) is 29.4 Å². The van der Waals surface area contributed by atoms with E-state index in [1.165, 1.54) is 25.9 Å². The number of imidazole rings is 2. The van der Waals surface area contributed by atoms with E-state index in [1.54, 1.807) is 15.5 Å². The lowest BCUT2D eigenvalue weighted by atomic mass is 9.65. The SMILES string of the molecule is CC(=O)OC1[C@H](n2cnc3c(Cl)ncnc32)OC2(CC(C)C2)[C@H]1C.CC1CC2(C1)O[C@@H](n1cnc3c(N)ncnc31)[C@H](O)[C@@H]2O.O=CC(F)(F)F. The Morgan fingerprint density at radius 3 is 2.00 bits per heavy atom. The Morgan fingerprint density at radius 2 is 1.43 bits per heavy atom. The lowest BCUT2D eigenvalue weighted by Crippen LogP contribution is -2.52. The Bertz CT molecular complexity index is 1910. The molecule has 0 bridgehead atoms. The molecule has 4 fully saturated rings. The first-order valence-electron chi connectivity index (χ1n) is 16.2. The molecule has 0 radical (unpaired) electrons. The molecule has 2 saturated heterocycles. The van der Waals surface area contributed by atoms with E-state index in [4.69, 9.17) is 36.3 Å². The number of nitrogens with two attached hydrogens (primary N) is 1. The van der Waals surface area contributed by atoms with E-state index in [1.807, 2.05) is 0 Å². The zero-order valence-electron chi connectivity index (χ0n) is 27.9. The van der Waals surface area contributed by atoms with Gasteiger partial charge in [-0.1, -0.05) is 32.4 Å². The van der Waals surface area contributed by atoms with Crippen LogP contribution in [0.1, 0.15) is 65.8 Å². The standard InChI is InChI=1S/C16H19ClN4O3.C13H17N5O3.C2HF3O/c1-8-4-16(5-8)9(2)12(23-10(3)22)15(24-16)21-7-20-11-13(17)18-6-19-14(11)21;1-6-2-13(3-6)9(20)8(19)12(21-13)18-5-17-7-10(14)15-4-16-11(7)18;3-2(4,5)1-6/h6-9,12,15H,4-5H2,1-3H3;4-6,8-9,12,19-20H,2-3H2,1H3,(H2,14,15,16);1H/t8?,9-,12?,15+,16?;6?,8-,9+,12-,13?;/m01./s1. The molecule has 2 aliphatic carbocycles. The number of alkyl halides is 3. The van der Waals surface area contributed by atoms with Gasteiger partial charge in [0.2, 0.25) is 6.29 Å². The summed E-state index contributed by atoms with van der Waals surface area (Å²) in [6.07, 6.45) is 0.0802. The fraction of sp³-hybridized carbons (Fsp3) is 0.613. The zero-order valence-corrected chi connectivity index (χ0v) is 28.7. The van der Waals surface area contributed by atoms with Crippen molar-refractivity contribution < 1.29 is 47.2 Å². The highest BCUT2D eigenvalue weighted by Crippen LogP contribution is 2.56. The lowest BCUT2D eigenvalue weighted by Gasteiger charge is -2.46. The van der Waals surface area contributed by atoms with Crippen molar-refractivity contribution in [1.82, 2.24) is 39.0 Å². The van der Waals surface area contributed by atoms with Crippen LogP contribution in [0.15, 0.2) is 25.3 Å². The number of nitrogen functional groups attached to an aromatic ring is 1. The van der Waals surface area contributed by atoms with Crippen LogP contribution in [0.5, 0.6) is 0 Å². The third kappa shape index (κ3) is 6.72. The van der Waals surface area contributed by atoms with E-state index in [2.05, 4.69) is 50.7 Å². The van der Waals surface area contributed by atoms with Crippen LogP contribution in [-0.4, -0.2) is 97.2 Å². The number of ether oxygens (including phenoxy) is 3. The maximum absolute atomic E-state index is 11.6. The minimum atomic E-state index is -4.64. The largest absolute Gasteiger partial charge is 0.457 e. The second-order valence-electron chi connectivity index (χ2n) is 13.7. The summed E-state index contributed by atoms with van der Waals surface area (Å²) >= 11 is 6.09. The Kier molecular flexibility index (Phi) is 9.72. The van der Waals surface area contributed by atoms with Crippen LogP contribution in [0, 0.1) is 17.8 Å². The maximum atomic E-state index is 11.6. The van der Waals surface area contributed by atoms with Gasteiger partial charge in [0.15, 0.2) is 40.8 Å². The molecule has 6 atom stereocenters. The Hall–Kier alpha value is -4.04. The third-order valence-corrected chi connectivity index (χ3v) is 10.2. The topological polar surface area (TPSA) is 216 Å². The maximum Gasteiger partial charge on any atom is 0.446 e. The molecule has 2 saturated carbocycles. The van der Waals surface area contributed by atoms with Gasteiger partial charge in [-0.25, -0.2) is 29.9 Å². The summed E-state index contributed by atoms with van der Waals surface area (Å²) in [6.45, 7) is 7.81. The quantitative estimate of drug-likeness (QED) is 0.156. The Labute approximate surface area is 293 Å². The van der Waals surface area contributed by atoms with Gasteiger partial charge in [0, 0.05) is 12.8 Å². The van der Waals surface area contributed by atoms with Gasteiger partial charge in [0.05, 0.1) is 23.9 Å². The van der Waals surface area contributed by atoms with E-state index >= 15 is 0 Å². The number of esters is 1. The minimum Gasteiger partial charge on any atom is -0.457 e. The van der Waals surface area contributed by atoms with Crippen LogP contribution in [0.25, 0.3) is 22.3 Å². The summed E-state index contributed by atoms with van der Waals surface area (Å²) < 4.78 is 52.7. The molecule has 4 aliphatic rings. The number of hydrogen-bond acceptors (Lipinski definition) is 14. The van der Waals surface area contributed by atoms with E-state index in [9.17, 15) is 28.2 Å². The Morgan fingerprint density at radius 1 is 0.922 bits per heavy atom. The summed E-state index contributed by atoms with van der Waals surface area (Å²) in [6, 6.07) is 0. The Balaban J connectivity index is 0.000000153. The van der Waals surface area contributed by atoms with Crippen LogP contribution in [0.3, 0.4) is 0 Å². The smallest absolute Gasteiger partial charge is 0.446 e. The van der Waals surface area contributed by atoms with Crippen LogP contribution in [-0.2, 0) is 23.8 Å². The number of nitrogens with zero attached hydrogens (tertiary/aromatic N) is 8. The number of carbonyl (C=O) groups is 2. The molecule has 1 unspecified atom stereocenters. The van der Waals surface area contributed by atoms with Gasteiger partial charge in [-0.3, -0.25) is 18.7 Å². The van der Waals surface area contributed by atoms with Gasteiger partial charge in [0.25, 0.3) is 0 Å². The molecule has 4 aromatic rings. The summed E-state index contributed by atoms with van der Waals surface area (Å²) in [5.41, 5.74) is 6.90. The van der Waals surface area contributed by atoms with Crippen molar-refractivity contribution in [1.29, 1.82) is 0 Å². The monoisotopic (exact) mass is 739 g/mol. The fourth-order valence-corrected chi connectivity index (χ4v) is 7.88. The summed E-state index contributed by atoms with van der Waals surface area (Å²) in [4.78, 5) is 45.0. The van der Waals surface area contributed by atoms with Crippen molar-refractivity contribution in [2.75, 3.05) is 5.73 Å². The number of halogens is 4. The number of aldehydes is 1. The molecule has 276 valence electrons. The summed E-state index contributed by atoms with van der Waals surface area (Å²) in [7, 11) is 0. The van der Waals surface area contributed by atoms with Gasteiger partial charge in [-0.15, -0.1) is 0 Å². The molecular formula is C31H37ClF3N9O7. The molecule has 4 N–H and O–H groups in total. The molecule has 0 amide bonds. The predicted molar refractivity (Wildman–Crippen MR) is 171 cm³/mol. The van der Waals surface area contributed by atoms with Crippen LogP contribution in [0.2, 0.25) is 5.15 Å². The third-order valence-electron chi connectivity index (χ3n) is 9.93. The first-order chi connectivity index (χ1) is 24.0. The molecule has 51 heavy (non-hydrogen) atoms. The summed E-state index contributed by atoms with van der Waals surface area (Å²) in [5, 5.41) is 21.0. The molecule has 2 aliphatic heterocycles. The average Bonchev–Trinajstić information content (AvgIpc) is 3.79. The highest BCUT2D eigenvalue weighted by Gasteiger charge is 2.61. The van der Waals surface area contributed by atoms with Gasteiger partial charge in [0.1, 0.15) is 35.9 Å². The van der Waals surface area contributed by atoms with Crippen LogP contribution >= 0.6 is 11.6 Å². The number of anilines is 1. The number of hydrogen-bond donors (Lipinski definition) is 3. The number of aliphatic hydroxyl groups is 2. The van der Waals surface area contributed by atoms with Crippen molar-refractivity contribution >= 4 is 52.0 Å². The second kappa shape index (κ2) is 13.5. The average molecular weight is 740 g/mol. The van der Waals surface area contributed by atoms with Crippen LogP contribution in [0.4, 0.5) is 19.0 Å². The number of carbonyl (C=O) groups excluding carboxylic acids is 2. The highest BCUT2D eigenvalue weighted by molar-refractivity contribution is 6.33. The molecule has 16 nitrogen and oxygen atoms in total. The molecular weight excluding hydrogens is 703 g/mol. The van der Waals surface area contributed by atoms with Gasteiger partial charge in [-0.2, -0.15) is 13.2 Å². The minimum absolute atomic E-state index is 0.0948. The van der Waals surface area contributed by atoms with Crippen molar-refractivity contribution in [2.45, 2.75) is 102 Å². The number of aliphatic hydroxyl groups excluding tert-OH is 2. The van der Waals surface area contributed by atoms with Crippen molar-refractivity contribution in [3.8, 4) is 0 Å². The zero-order chi connectivity index (χ0) is 37.0. The van der Waals surface area contributed by atoms with Gasteiger partial charge < -0.3 is 30.2 Å². The molecule has 6 heterocycles. The van der Waals surface area contributed by atoms with Gasteiger partial charge in [-0.05, 0) is 37.5 Å². The lowest BCUT2D eigenvalue weighted by molar-refractivity contribution is -0.166. The number of rotatable bonds is 3. The second-order valence-corrected chi connectivity index (χ2v) is 14.1. The molecule has 2 spiro atoms. The molecule has 8 rings (SSSR count). The van der Waals surface area contributed by atoms with Gasteiger partial charge >= 0.3 is 12.1 Å². The van der Waals surface area contributed by atoms with E-state index in [0.29, 0.717) is 39.3 Å². The van der Waals surface area contributed by atoms with Crippen molar-refractivity contribution in [3.63, 3.8) is 0 Å². The first-order valence-corrected chi connectivity index (χ1v) is 16.5. The fourth-order valence-electron chi connectivity index (χ4n) is 7.71. The first kappa shape index (κ1) is 36.7. The summed E-state index contributed by atoms with van der Waals surface area (Å²) in [5.74, 6) is 1.15. The molecule has 4 aromatic heterocycles. The molecule has 0 aromatic carbocycles. The normalized spacial score (nSPS) is 34.0. The van der Waals surface area contributed by atoms with E-state index in [0.717, 1.165) is 25.7 Å². The predicted octanol–water partition coefficient (Wildman–Crippen LogP) is 3.32. The van der Waals surface area contributed by atoms with Crippen LogP contribution < -0.4 is 5.73 Å². The number of aromatic nitrogens is 8. The highest BCUT2D eigenvalue weighted by atomic mass is 35.5. The van der Waals surface area contributed by atoms with Crippen molar-refractivity contribution in [3.05, 3.63) is 30.5 Å². The number of fused-ring (bicyclic) bond motifs is 2. The van der Waals surface area contributed by atoms with Crippen molar-refractivity contribution in [2.24, 2.45) is 17.8 Å².